The van der Waals surface area contributed by atoms with Crippen molar-refractivity contribution in [2.75, 3.05) is 0 Å². The number of phenols is 2. The molecule has 0 saturated heterocycles. The van der Waals surface area contributed by atoms with Gasteiger partial charge < -0.3 is 10.2 Å². The normalized spacial score (nSPS) is 10.3. The van der Waals surface area contributed by atoms with Crippen LogP contribution >= 0.6 is 0 Å². The van der Waals surface area contributed by atoms with Crippen LogP contribution in [0.15, 0.2) is 42.5 Å². The zero-order chi connectivity index (χ0) is 17.0. The summed E-state index contributed by atoms with van der Waals surface area (Å²) in [4.78, 5) is 24.5. The van der Waals surface area contributed by atoms with Crippen molar-refractivity contribution in [3.8, 4) is 11.5 Å². The van der Waals surface area contributed by atoms with Gasteiger partial charge in [0.2, 0.25) is 5.91 Å². The summed E-state index contributed by atoms with van der Waals surface area (Å²) >= 11 is 0. The molecule has 0 aliphatic heterocycles. The summed E-state index contributed by atoms with van der Waals surface area (Å²) in [6.45, 7) is 1.83. The molecule has 2 rings (SSSR count). The number of imide groups is 1. The second-order valence-electron chi connectivity index (χ2n) is 5.11. The molecule has 0 aliphatic rings. The van der Waals surface area contributed by atoms with Crippen molar-refractivity contribution >= 4 is 11.8 Å². The van der Waals surface area contributed by atoms with E-state index in [1.807, 2.05) is 6.92 Å². The molecule has 0 bridgehead atoms. The van der Waals surface area contributed by atoms with Crippen molar-refractivity contribution in [1.82, 2.24) is 5.01 Å². The minimum atomic E-state index is -0.632. The van der Waals surface area contributed by atoms with Crippen molar-refractivity contribution in [1.29, 1.82) is 0 Å². The quantitative estimate of drug-likeness (QED) is 0.453. The lowest BCUT2D eigenvalue weighted by Gasteiger charge is -2.17. The zero-order valence-electron chi connectivity index (χ0n) is 12.7. The molecule has 6 heteroatoms. The molecule has 0 aliphatic carbocycles. The second-order valence-corrected chi connectivity index (χ2v) is 5.11. The lowest BCUT2D eigenvalue weighted by Crippen LogP contribution is -2.43. The highest BCUT2D eigenvalue weighted by molar-refractivity contribution is 6.05. The van der Waals surface area contributed by atoms with Crippen LogP contribution in [0.1, 0.15) is 28.4 Å². The first-order valence-corrected chi connectivity index (χ1v) is 7.14. The molecule has 0 saturated carbocycles. The van der Waals surface area contributed by atoms with Crippen LogP contribution in [-0.2, 0) is 17.6 Å². The van der Waals surface area contributed by atoms with Gasteiger partial charge >= 0.3 is 0 Å². The Morgan fingerprint density at radius 3 is 2.43 bits per heavy atom. The summed E-state index contributed by atoms with van der Waals surface area (Å²) in [5, 5.41) is 19.4. The molecule has 0 aromatic heterocycles. The van der Waals surface area contributed by atoms with E-state index in [0.717, 1.165) is 0 Å². The molecule has 2 amide bonds. The van der Waals surface area contributed by atoms with Crippen LogP contribution in [-0.4, -0.2) is 27.0 Å². The number of nitrogens with two attached hydrogens (primary N) is 1. The Labute approximate surface area is 133 Å². The van der Waals surface area contributed by atoms with Gasteiger partial charge in [-0.3, -0.25) is 9.59 Å². The first-order chi connectivity index (χ1) is 10.9. The summed E-state index contributed by atoms with van der Waals surface area (Å²) in [5.74, 6) is 4.52. The van der Waals surface area contributed by atoms with Gasteiger partial charge in [-0.05, 0) is 47.9 Å². The Bertz CT molecular complexity index is 743. The third kappa shape index (κ3) is 3.87. The van der Waals surface area contributed by atoms with Gasteiger partial charge in [0.25, 0.3) is 5.91 Å². The number of hydrogen-bond acceptors (Lipinski definition) is 5. The largest absolute Gasteiger partial charge is 0.508 e. The first kappa shape index (κ1) is 16.5. The molecule has 6 nitrogen and oxygen atoms in total. The predicted octanol–water partition coefficient (Wildman–Crippen LogP) is 1.75. The van der Waals surface area contributed by atoms with Crippen molar-refractivity contribution in [2.24, 2.45) is 5.84 Å². The van der Waals surface area contributed by atoms with Gasteiger partial charge in [0, 0.05) is 5.56 Å². The molecule has 4 N–H and O–H groups in total. The molecule has 0 fully saturated rings. The molecular weight excluding hydrogens is 296 g/mol. The standard InChI is InChI=1S/C17H18N2O4/c1-2-12-10-14(21)6-7-15(12)17(23)19(18)16(22)9-11-4-3-5-13(20)8-11/h3-8,10,20-21H,2,9,18H2,1H3. The Kier molecular flexibility index (Phi) is 4.98. The molecule has 0 radical (unpaired) electrons. The first-order valence-electron chi connectivity index (χ1n) is 7.14. The zero-order valence-corrected chi connectivity index (χ0v) is 12.7. The van der Waals surface area contributed by atoms with E-state index >= 15 is 0 Å². The number of amides is 2. The third-order valence-corrected chi connectivity index (χ3v) is 3.45. The van der Waals surface area contributed by atoms with Gasteiger partial charge in [0.1, 0.15) is 11.5 Å². The number of nitrogens with zero attached hydrogens (tertiary/aromatic N) is 1. The van der Waals surface area contributed by atoms with Gasteiger partial charge in [-0.1, -0.05) is 19.1 Å². The molecule has 2 aromatic carbocycles. The van der Waals surface area contributed by atoms with Crippen LogP contribution in [0.25, 0.3) is 0 Å². The van der Waals surface area contributed by atoms with Gasteiger partial charge in [-0.25, -0.2) is 10.9 Å². The highest BCUT2D eigenvalue weighted by Crippen LogP contribution is 2.19. The number of aryl methyl sites for hydroxylation is 1. The van der Waals surface area contributed by atoms with E-state index in [4.69, 9.17) is 5.84 Å². The minimum Gasteiger partial charge on any atom is -0.508 e. The van der Waals surface area contributed by atoms with Crippen LogP contribution in [0.4, 0.5) is 0 Å². The monoisotopic (exact) mass is 314 g/mol. The highest BCUT2D eigenvalue weighted by Gasteiger charge is 2.22. The van der Waals surface area contributed by atoms with E-state index in [-0.39, 0.29) is 23.5 Å². The van der Waals surface area contributed by atoms with E-state index in [1.165, 1.54) is 30.3 Å². The Balaban J connectivity index is 2.17. The smallest absolute Gasteiger partial charge is 0.275 e. The van der Waals surface area contributed by atoms with Gasteiger partial charge in [0.05, 0.1) is 6.42 Å². The lowest BCUT2D eigenvalue weighted by molar-refractivity contribution is -0.128. The molecule has 0 heterocycles. The third-order valence-electron chi connectivity index (χ3n) is 3.45. The van der Waals surface area contributed by atoms with Crippen molar-refractivity contribution in [3.63, 3.8) is 0 Å². The molecule has 23 heavy (non-hydrogen) atoms. The van der Waals surface area contributed by atoms with E-state index in [9.17, 15) is 19.8 Å². The number of carbonyl (C=O) groups is 2. The van der Waals surface area contributed by atoms with E-state index in [2.05, 4.69) is 0 Å². The summed E-state index contributed by atoms with van der Waals surface area (Å²) < 4.78 is 0. The number of hydrogen-bond donors (Lipinski definition) is 3. The fraction of sp³-hybridized carbons (Fsp3) is 0.176. The van der Waals surface area contributed by atoms with Gasteiger partial charge in [-0.15, -0.1) is 0 Å². The average Bonchev–Trinajstić information content (AvgIpc) is 2.53. The van der Waals surface area contributed by atoms with Gasteiger partial charge in [0.15, 0.2) is 0 Å². The fourth-order valence-corrected chi connectivity index (χ4v) is 2.25. The maximum Gasteiger partial charge on any atom is 0.275 e. The number of hydrazine groups is 1. The highest BCUT2D eigenvalue weighted by atomic mass is 16.3. The molecule has 0 atom stereocenters. The second kappa shape index (κ2) is 6.93. The Morgan fingerprint density at radius 2 is 1.78 bits per heavy atom. The van der Waals surface area contributed by atoms with Crippen LogP contribution in [0.2, 0.25) is 0 Å². The van der Waals surface area contributed by atoms with Crippen LogP contribution in [0.5, 0.6) is 11.5 Å². The van der Waals surface area contributed by atoms with Crippen molar-refractivity contribution in [2.45, 2.75) is 19.8 Å². The summed E-state index contributed by atoms with van der Waals surface area (Å²) in [6, 6.07) is 10.5. The van der Waals surface area contributed by atoms with E-state index in [0.29, 0.717) is 22.6 Å². The van der Waals surface area contributed by atoms with Crippen LogP contribution in [0, 0.1) is 0 Å². The Morgan fingerprint density at radius 1 is 1.09 bits per heavy atom. The fourth-order valence-electron chi connectivity index (χ4n) is 2.25. The SMILES string of the molecule is CCc1cc(O)ccc1C(=O)N(N)C(=O)Cc1cccc(O)c1. The topological polar surface area (TPSA) is 104 Å². The molecular formula is C17H18N2O4. The Hall–Kier alpha value is -2.86. The maximum absolute atomic E-state index is 12.4. The average molecular weight is 314 g/mol. The molecule has 0 spiro atoms. The van der Waals surface area contributed by atoms with E-state index < -0.39 is 11.8 Å². The minimum absolute atomic E-state index is 0.0389. The molecule has 0 unspecified atom stereocenters. The summed E-state index contributed by atoms with van der Waals surface area (Å²) in [6.07, 6.45) is 0.417. The van der Waals surface area contributed by atoms with E-state index in [1.54, 1.807) is 12.1 Å². The number of carbonyl (C=O) groups excluding carboxylic acids is 2. The number of phenolic OH excluding ortho intramolecular Hbond substituents is 2. The molecule has 120 valence electrons. The van der Waals surface area contributed by atoms with Crippen LogP contribution < -0.4 is 5.84 Å². The number of rotatable bonds is 4. The van der Waals surface area contributed by atoms with Gasteiger partial charge in [-0.2, -0.15) is 0 Å². The molecule has 2 aromatic rings. The van der Waals surface area contributed by atoms with Crippen LogP contribution in [0.3, 0.4) is 0 Å². The summed E-state index contributed by atoms with van der Waals surface area (Å²) in [5.41, 5.74) is 1.44. The number of aromatic hydroxyl groups is 2. The number of benzene rings is 2. The van der Waals surface area contributed by atoms with Crippen molar-refractivity contribution in [3.05, 3.63) is 59.2 Å². The predicted molar refractivity (Wildman–Crippen MR) is 84.7 cm³/mol. The lowest BCUT2D eigenvalue weighted by atomic mass is 10.0. The van der Waals surface area contributed by atoms with Crippen molar-refractivity contribution < 1.29 is 19.8 Å². The maximum atomic E-state index is 12.4. The summed E-state index contributed by atoms with van der Waals surface area (Å²) in [7, 11) is 0.